The molecule has 0 saturated carbocycles. The molecular formula is C25H31N3O2. The summed E-state index contributed by atoms with van der Waals surface area (Å²) >= 11 is 0. The third-order valence-electron chi connectivity index (χ3n) is 6.27. The highest BCUT2D eigenvalue weighted by Gasteiger charge is 2.28. The Morgan fingerprint density at radius 1 is 0.633 bits per heavy atom. The van der Waals surface area contributed by atoms with E-state index in [1.165, 1.54) is 11.1 Å². The zero-order chi connectivity index (χ0) is 20.8. The average molecular weight is 406 g/mol. The summed E-state index contributed by atoms with van der Waals surface area (Å²) < 4.78 is 0. The van der Waals surface area contributed by atoms with Gasteiger partial charge in [-0.3, -0.25) is 14.5 Å². The number of carbonyl (C=O) groups is 2. The van der Waals surface area contributed by atoms with E-state index in [0.29, 0.717) is 25.9 Å². The van der Waals surface area contributed by atoms with Crippen LogP contribution in [0.3, 0.4) is 0 Å². The van der Waals surface area contributed by atoms with Crippen molar-refractivity contribution in [2.45, 2.75) is 31.7 Å². The highest BCUT2D eigenvalue weighted by atomic mass is 16.2. The molecule has 2 fully saturated rings. The fourth-order valence-corrected chi connectivity index (χ4v) is 4.61. The fraction of sp³-hybridized carbons (Fsp3) is 0.440. The summed E-state index contributed by atoms with van der Waals surface area (Å²) in [4.78, 5) is 31.2. The minimum Gasteiger partial charge on any atom is -0.343 e. The number of nitrogens with zero attached hydrogens (tertiary/aromatic N) is 3. The lowest BCUT2D eigenvalue weighted by Gasteiger charge is -2.40. The van der Waals surface area contributed by atoms with Crippen LogP contribution in [0.1, 0.15) is 42.9 Å². The quantitative estimate of drug-likeness (QED) is 0.741. The van der Waals surface area contributed by atoms with Gasteiger partial charge in [-0.15, -0.1) is 0 Å². The molecule has 30 heavy (non-hydrogen) atoms. The summed E-state index contributed by atoms with van der Waals surface area (Å²) in [6.45, 7) is 4.80. The van der Waals surface area contributed by atoms with Gasteiger partial charge in [0.2, 0.25) is 11.8 Å². The molecule has 0 bridgehead atoms. The summed E-state index contributed by atoms with van der Waals surface area (Å²) in [5.74, 6) is 0.242. The number of carbonyl (C=O) groups excluding carboxylic acids is 2. The topological polar surface area (TPSA) is 43.9 Å². The first kappa shape index (κ1) is 20.6. The van der Waals surface area contributed by atoms with Gasteiger partial charge in [-0.2, -0.15) is 0 Å². The molecule has 5 nitrogen and oxygen atoms in total. The number of rotatable bonds is 6. The van der Waals surface area contributed by atoms with Gasteiger partial charge >= 0.3 is 0 Å². The number of amides is 2. The van der Waals surface area contributed by atoms with Crippen molar-refractivity contribution in [3.63, 3.8) is 0 Å². The Balaban J connectivity index is 1.35. The Kier molecular flexibility index (Phi) is 6.80. The van der Waals surface area contributed by atoms with Crippen molar-refractivity contribution >= 4 is 11.8 Å². The van der Waals surface area contributed by atoms with E-state index in [2.05, 4.69) is 53.4 Å². The molecule has 2 aromatic rings. The summed E-state index contributed by atoms with van der Waals surface area (Å²) in [6, 6.07) is 21.4. The number of benzene rings is 2. The molecule has 0 aromatic heterocycles. The van der Waals surface area contributed by atoms with Gasteiger partial charge in [-0.05, 0) is 24.0 Å². The van der Waals surface area contributed by atoms with Gasteiger partial charge in [-0.1, -0.05) is 60.7 Å². The maximum atomic E-state index is 12.7. The van der Waals surface area contributed by atoms with Crippen molar-refractivity contribution < 1.29 is 9.59 Å². The molecule has 4 rings (SSSR count). The van der Waals surface area contributed by atoms with E-state index in [9.17, 15) is 9.59 Å². The van der Waals surface area contributed by atoms with E-state index in [1.807, 2.05) is 21.9 Å². The van der Waals surface area contributed by atoms with Gasteiger partial charge in [0.05, 0.1) is 6.04 Å². The maximum Gasteiger partial charge on any atom is 0.223 e. The van der Waals surface area contributed by atoms with Crippen LogP contribution >= 0.6 is 0 Å². The first-order valence-electron chi connectivity index (χ1n) is 11.1. The Morgan fingerprint density at radius 3 is 1.53 bits per heavy atom. The minimum absolute atomic E-state index is 0.109. The molecule has 0 radical (unpaired) electrons. The van der Waals surface area contributed by atoms with E-state index in [0.717, 1.165) is 39.0 Å². The molecular weight excluding hydrogens is 374 g/mol. The Labute approximate surface area is 179 Å². The van der Waals surface area contributed by atoms with Crippen molar-refractivity contribution in [1.29, 1.82) is 0 Å². The first-order chi connectivity index (χ1) is 14.7. The third kappa shape index (κ3) is 4.90. The molecule has 0 unspecified atom stereocenters. The smallest absolute Gasteiger partial charge is 0.223 e. The van der Waals surface area contributed by atoms with Gasteiger partial charge in [0.1, 0.15) is 0 Å². The summed E-state index contributed by atoms with van der Waals surface area (Å²) in [6.07, 6.45) is 2.85. The zero-order valence-electron chi connectivity index (χ0n) is 17.6. The molecule has 2 aliphatic heterocycles. The third-order valence-corrected chi connectivity index (χ3v) is 6.27. The first-order valence-corrected chi connectivity index (χ1v) is 11.1. The summed E-state index contributed by atoms with van der Waals surface area (Å²) in [5, 5.41) is 0. The molecule has 0 atom stereocenters. The molecule has 0 aliphatic carbocycles. The van der Waals surface area contributed by atoms with Gasteiger partial charge in [0.15, 0.2) is 0 Å². The standard InChI is InChI=1S/C25H31N3O2/c29-23(26-15-7-8-16-26)13-14-24(30)27-17-19-28(20-18-27)25(21-9-3-1-4-10-21)22-11-5-2-6-12-22/h1-6,9-12,25H,7-8,13-20H2. The molecule has 2 aromatic carbocycles. The molecule has 158 valence electrons. The second-order valence-corrected chi connectivity index (χ2v) is 8.23. The van der Waals surface area contributed by atoms with E-state index in [-0.39, 0.29) is 17.9 Å². The molecule has 2 aliphatic rings. The van der Waals surface area contributed by atoms with Crippen molar-refractivity contribution in [3.05, 3.63) is 71.8 Å². The number of piperazine rings is 1. The van der Waals surface area contributed by atoms with E-state index in [4.69, 9.17) is 0 Å². The van der Waals surface area contributed by atoms with Crippen molar-refractivity contribution in [2.75, 3.05) is 39.3 Å². The maximum absolute atomic E-state index is 12.7. The average Bonchev–Trinajstić information content (AvgIpc) is 3.35. The molecule has 2 heterocycles. The molecule has 0 N–H and O–H groups in total. The van der Waals surface area contributed by atoms with Crippen LogP contribution in [0.2, 0.25) is 0 Å². The van der Waals surface area contributed by atoms with Crippen molar-refractivity contribution in [1.82, 2.24) is 14.7 Å². The number of hydrogen-bond acceptors (Lipinski definition) is 3. The summed E-state index contributed by atoms with van der Waals surface area (Å²) in [5.41, 5.74) is 2.55. The second-order valence-electron chi connectivity index (χ2n) is 8.23. The van der Waals surface area contributed by atoms with Crippen LogP contribution in [0.25, 0.3) is 0 Å². The van der Waals surface area contributed by atoms with Gasteiger partial charge in [0, 0.05) is 52.1 Å². The lowest BCUT2D eigenvalue weighted by molar-refractivity contribution is -0.137. The van der Waals surface area contributed by atoms with E-state index < -0.39 is 0 Å². The highest BCUT2D eigenvalue weighted by Crippen LogP contribution is 2.29. The Hall–Kier alpha value is -2.66. The summed E-state index contributed by atoms with van der Waals surface area (Å²) in [7, 11) is 0. The lowest BCUT2D eigenvalue weighted by Crippen LogP contribution is -2.50. The van der Waals surface area contributed by atoms with Crippen LogP contribution in [0.5, 0.6) is 0 Å². The fourth-order valence-electron chi connectivity index (χ4n) is 4.61. The highest BCUT2D eigenvalue weighted by molar-refractivity contribution is 5.84. The zero-order valence-corrected chi connectivity index (χ0v) is 17.6. The SMILES string of the molecule is O=C(CCC(=O)N1CCN(C(c2ccccc2)c2ccccc2)CC1)N1CCCC1. The van der Waals surface area contributed by atoms with E-state index in [1.54, 1.807) is 0 Å². The monoisotopic (exact) mass is 405 g/mol. The Bertz CT molecular complexity index is 786. The molecule has 5 heteroatoms. The van der Waals surface area contributed by atoms with Crippen LogP contribution in [0.4, 0.5) is 0 Å². The Morgan fingerprint density at radius 2 is 1.07 bits per heavy atom. The molecule has 2 saturated heterocycles. The van der Waals surface area contributed by atoms with Crippen molar-refractivity contribution in [3.8, 4) is 0 Å². The van der Waals surface area contributed by atoms with Crippen LogP contribution in [-0.4, -0.2) is 65.8 Å². The minimum atomic E-state index is 0.109. The van der Waals surface area contributed by atoms with Crippen LogP contribution in [0, 0.1) is 0 Å². The predicted molar refractivity (Wildman–Crippen MR) is 118 cm³/mol. The second kappa shape index (κ2) is 9.90. The van der Waals surface area contributed by atoms with Gasteiger partial charge in [-0.25, -0.2) is 0 Å². The van der Waals surface area contributed by atoms with Gasteiger partial charge in [0.25, 0.3) is 0 Å². The van der Waals surface area contributed by atoms with Crippen LogP contribution in [0.15, 0.2) is 60.7 Å². The number of likely N-dealkylation sites (tertiary alicyclic amines) is 1. The van der Waals surface area contributed by atoms with Crippen LogP contribution < -0.4 is 0 Å². The molecule has 0 spiro atoms. The van der Waals surface area contributed by atoms with Crippen LogP contribution in [-0.2, 0) is 9.59 Å². The van der Waals surface area contributed by atoms with E-state index >= 15 is 0 Å². The van der Waals surface area contributed by atoms with Gasteiger partial charge < -0.3 is 9.80 Å². The largest absolute Gasteiger partial charge is 0.343 e. The predicted octanol–water partition coefficient (Wildman–Crippen LogP) is 3.32. The number of hydrogen-bond donors (Lipinski definition) is 0. The lowest BCUT2D eigenvalue weighted by atomic mass is 9.96. The van der Waals surface area contributed by atoms with Crippen molar-refractivity contribution in [2.24, 2.45) is 0 Å². The normalized spacial score (nSPS) is 17.5. The molecule has 2 amide bonds.